The molecule has 1 aliphatic rings. The molecular weight excluding hydrogens is 553 g/mol. The van der Waals surface area contributed by atoms with Crippen molar-refractivity contribution >= 4 is 75.3 Å². The van der Waals surface area contributed by atoms with Gasteiger partial charge in [0.2, 0.25) is 5.91 Å². The summed E-state index contributed by atoms with van der Waals surface area (Å²) in [5, 5.41) is 4.70. The van der Waals surface area contributed by atoms with Crippen molar-refractivity contribution in [1.29, 1.82) is 0 Å². The maximum absolute atomic E-state index is 13.6. The zero-order valence-electron chi connectivity index (χ0n) is 19.9. The highest BCUT2D eigenvalue weighted by atomic mass is 35.5. The van der Waals surface area contributed by atoms with Crippen molar-refractivity contribution in [2.45, 2.75) is 25.8 Å². The van der Waals surface area contributed by atoms with Crippen LogP contribution in [0, 0.1) is 0 Å². The summed E-state index contributed by atoms with van der Waals surface area (Å²) in [5.41, 5.74) is 2.01. The lowest BCUT2D eigenvalue weighted by molar-refractivity contribution is -0.124. The minimum absolute atomic E-state index is 0.0857. The molecule has 1 aliphatic heterocycles. The van der Waals surface area contributed by atoms with Gasteiger partial charge in [0, 0.05) is 27.3 Å². The summed E-state index contributed by atoms with van der Waals surface area (Å²) in [5.74, 6) is 0.102. The van der Waals surface area contributed by atoms with E-state index >= 15 is 0 Å². The predicted octanol–water partition coefficient (Wildman–Crippen LogP) is 6.62. The van der Waals surface area contributed by atoms with Crippen molar-refractivity contribution in [3.8, 4) is 5.75 Å². The monoisotopic (exact) mass is 575 g/mol. The first-order valence-electron chi connectivity index (χ1n) is 11.6. The molecule has 1 fully saturated rings. The fourth-order valence-electron chi connectivity index (χ4n) is 4.09. The van der Waals surface area contributed by atoms with Crippen LogP contribution in [0.5, 0.6) is 5.75 Å². The first-order valence-corrected chi connectivity index (χ1v) is 13.2. The van der Waals surface area contributed by atoms with Gasteiger partial charge in [0.25, 0.3) is 5.91 Å². The summed E-state index contributed by atoms with van der Waals surface area (Å²) in [4.78, 5) is 29.8. The van der Waals surface area contributed by atoms with E-state index in [2.05, 4.69) is 5.32 Å². The van der Waals surface area contributed by atoms with Crippen LogP contribution in [0.2, 0.25) is 15.1 Å². The van der Waals surface area contributed by atoms with Gasteiger partial charge in [-0.05, 0) is 85.7 Å². The standard InChI is InChI=1S/C27H24Cl3N3O3S/c1-2-36-22-10-8-20(9-11-22)31-25(34)16-24-26(35)33(21-5-3-4-18(28)14-21)27(37)32(24)13-12-17-6-7-19(29)15-23(17)30/h3-11,14-15,24H,2,12-13,16H2,1H3,(H,31,34)/t24-/m0/s1. The van der Waals surface area contributed by atoms with Crippen molar-refractivity contribution in [3.63, 3.8) is 0 Å². The molecule has 0 unspecified atom stereocenters. The second kappa shape index (κ2) is 12.1. The van der Waals surface area contributed by atoms with Gasteiger partial charge in [-0.3, -0.25) is 14.5 Å². The average molecular weight is 577 g/mol. The molecule has 4 rings (SSSR count). The molecule has 1 N–H and O–H groups in total. The molecule has 1 saturated heterocycles. The second-order valence-electron chi connectivity index (χ2n) is 8.34. The Hall–Kier alpha value is -2.84. The number of ether oxygens (including phenoxy) is 1. The first-order chi connectivity index (χ1) is 17.8. The number of thiocarbonyl (C=S) groups is 1. The van der Waals surface area contributed by atoms with Gasteiger partial charge in [0.1, 0.15) is 11.8 Å². The Morgan fingerprint density at radius 2 is 1.76 bits per heavy atom. The fourth-order valence-corrected chi connectivity index (χ4v) is 5.20. The highest BCUT2D eigenvalue weighted by Gasteiger charge is 2.44. The van der Waals surface area contributed by atoms with Gasteiger partial charge >= 0.3 is 0 Å². The molecule has 1 heterocycles. The third kappa shape index (κ3) is 6.54. The van der Waals surface area contributed by atoms with E-state index < -0.39 is 6.04 Å². The lowest BCUT2D eigenvalue weighted by Crippen LogP contribution is -2.39. The number of hydrogen-bond acceptors (Lipinski definition) is 4. The largest absolute Gasteiger partial charge is 0.494 e. The van der Waals surface area contributed by atoms with Crippen molar-refractivity contribution in [1.82, 2.24) is 4.90 Å². The Morgan fingerprint density at radius 1 is 1.03 bits per heavy atom. The Morgan fingerprint density at radius 3 is 2.43 bits per heavy atom. The Balaban J connectivity index is 1.54. The molecule has 0 bridgehead atoms. The topological polar surface area (TPSA) is 61.9 Å². The Kier molecular flexibility index (Phi) is 8.92. The molecule has 0 radical (unpaired) electrons. The molecule has 192 valence electrons. The van der Waals surface area contributed by atoms with Crippen LogP contribution in [0.3, 0.4) is 0 Å². The number of carbonyl (C=O) groups is 2. The highest BCUT2D eigenvalue weighted by Crippen LogP contribution is 2.30. The van der Waals surface area contributed by atoms with Crippen molar-refractivity contribution < 1.29 is 14.3 Å². The van der Waals surface area contributed by atoms with Crippen LogP contribution < -0.4 is 15.0 Å². The molecule has 0 aliphatic carbocycles. The molecule has 0 saturated carbocycles. The summed E-state index contributed by atoms with van der Waals surface area (Å²) in [7, 11) is 0. The van der Waals surface area contributed by atoms with Crippen LogP contribution in [0.15, 0.2) is 66.7 Å². The molecule has 10 heteroatoms. The van der Waals surface area contributed by atoms with Crippen molar-refractivity contribution in [3.05, 3.63) is 87.4 Å². The maximum atomic E-state index is 13.6. The van der Waals surface area contributed by atoms with Crippen molar-refractivity contribution in [2.24, 2.45) is 0 Å². The first kappa shape index (κ1) is 27.2. The maximum Gasteiger partial charge on any atom is 0.256 e. The number of rotatable bonds is 9. The van der Waals surface area contributed by atoms with Gasteiger partial charge in [-0.25, -0.2) is 0 Å². The number of halogens is 3. The van der Waals surface area contributed by atoms with E-state index in [1.54, 1.807) is 65.6 Å². The molecule has 2 amide bonds. The number of hydrogen-bond donors (Lipinski definition) is 1. The Bertz CT molecular complexity index is 1320. The lowest BCUT2D eigenvalue weighted by Gasteiger charge is -2.24. The lowest BCUT2D eigenvalue weighted by atomic mass is 10.1. The van der Waals surface area contributed by atoms with Crippen LogP contribution in [-0.4, -0.2) is 41.0 Å². The Labute approximate surface area is 236 Å². The van der Waals surface area contributed by atoms with Crippen LogP contribution in [0.25, 0.3) is 0 Å². The SMILES string of the molecule is CCOc1ccc(NC(=O)C[C@H]2C(=O)N(c3cccc(Cl)c3)C(=S)N2CCc2ccc(Cl)cc2Cl)cc1. The summed E-state index contributed by atoms with van der Waals surface area (Å²) in [6.45, 7) is 2.83. The summed E-state index contributed by atoms with van der Waals surface area (Å²) in [6, 6.07) is 18.4. The summed E-state index contributed by atoms with van der Waals surface area (Å²) >= 11 is 24.3. The number of nitrogens with one attached hydrogen (secondary N) is 1. The number of benzene rings is 3. The van der Waals surface area contributed by atoms with Gasteiger partial charge in [-0.15, -0.1) is 0 Å². The summed E-state index contributed by atoms with van der Waals surface area (Å²) in [6.07, 6.45) is 0.418. The molecule has 0 aromatic heterocycles. The molecule has 3 aromatic carbocycles. The van der Waals surface area contributed by atoms with E-state index in [1.807, 2.05) is 13.0 Å². The number of carbonyl (C=O) groups excluding carboxylic acids is 2. The van der Waals surface area contributed by atoms with E-state index in [0.717, 1.165) is 5.56 Å². The van der Waals surface area contributed by atoms with Crippen LogP contribution in [0.4, 0.5) is 11.4 Å². The van der Waals surface area contributed by atoms with Gasteiger partial charge in [0.15, 0.2) is 5.11 Å². The van der Waals surface area contributed by atoms with E-state index in [1.165, 1.54) is 4.90 Å². The summed E-state index contributed by atoms with van der Waals surface area (Å²) < 4.78 is 5.44. The normalized spacial score (nSPS) is 15.3. The molecular formula is C27H24Cl3N3O3S. The predicted molar refractivity (Wildman–Crippen MR) is 153 cm³/mol. The molecule has 3 aromatic rings. The highest BCUT2D eigenvalue weighted by molar-refractivity contribution is 7.80. The molecule has 1 atom stereocenters. The minimum atomic E-state index is -0.791. The zero-order chi connectivity index (χ0) is 26.5. The van der Waals surface area contributed by atoms with Gasteiger partial charge in [0.05, 0.1) is 18.7 Å². The molecule has 0 spiro atoms. The number of nitrogens with zero attached hydrogens (tertiary/aromatic N) is 2. The van der Waals surface area contributed by atoms with Crippen LogP contribution in [-0.2, 0) is 16.0 Å². The van der Waals surface area contributed by atoms with Gasteiger partial charge in [-0.2, -0.15) is 0 Å². The second-order valence-corrected chi connectivity index (χ2v) is 9.99. The third-order valence-electron chi connectivity index (χ3n) is 5.85. The van der Waals surface area contributed by atoms with Gasteiger partial charge < -0.3 is 15.0 Å². The van der Waals surface area contributed by atoms with E-state index in [4.69, 9.17) is 51.8 Å². The van der Waals surface area contributed by atoms with E-state index in [-0.39, 0.29) is 18.2 Å². The average Bonchev–Trinajstić information content (AvgIpc) is 3.08. The van der Waals surface area contributed by atoms with Crippen LogP contribution >= 0.6 is 47.0 Å². The van der Waals surface area contributed by atoms with Gasteiger partial charge in [-0.1, -0.05) is 46.9 Å². The third-order valence-corrected chi connectivity index (χ3v) is 7.09. The fraction of sp³-hybridized carbons (Fsp3) is 0.222. The molecule has 37 heavy (non-hydrogen) atoms. The van der Waals surface area contributed by atoms with E-state index in [9.17, 15) is 9.59 Å². The number of amides is 2. The van der Waals surface area contributed by atoms with E-state index in [0.29, 0.717) is 56.9 Å². The smallest absolute Gasteiger partial charge is 0.256 e. The van der Waals surface area contributed by atoms with Crippen molar-refractivity contribution in [2.75, 3.05) is 23.4 Å². The quantitative estimate of drug-likeness (QED) is 0.290. The zero-order valence-corrected chi connectivity index (χ0v) is 23.0. The van der Waals surface area contributed by atoms with Crippen LogP contribution in [0.1, 0.15) is 18.9 Å². The number of anilines is 2. The molecule has 6 nitrogen and oxygen atoms in total. The minimum Gasteiger partial charge on any atom is -0.494 e.